The Labute approximate surface area is 127 Å². The van der Waals surface area contributed by atoms with Gasteiger partial charge in [-0.3, -0.25) is 4.90 Å². The van der Waals surface area contributed by atoms with Crippen molar-refractivity contribution in [2.24, 2.45) is 5.73 Å². The third kappa shape index (κ3) is 3.13. The van der Waals surface area contributed by atoms with Crippen LogP contribution in [0, 0.1) is 0 Å². The van der Waals surface area contributed by atoms with Gasteiger partial charge in [0.15, 0.2) is 0 Å². The summed E-state index contributed by atoms with van der Waals surface area (Å²) < 4.78 is 11.1. The van der Waals surface area contributed by atoms with Gasteiger partial charge in [0.1, 0.15) is 16.8 Å². The van der Waals surface area contributed by atoms with E-state index in [-0.39, 0.29) is 6.10 Å². The fourth-order valence-corrected chi connectivity index (χ4v) is 2.92. The Bertz CT molecular complexity index is 597. The van der Waals surface area contributed by atoms with Crippen molar-refractivity contribution in [3.63, 3.8) is 0 Å². The van der Waals surface area contributed by atoms with Crippen LogP contribution < -0.4 is 5.73 Å². The number of morpholine rings is 1. The minimum absolute atomic E-state index is 0.147. The number of hydrogen-bond donors (Lipinski definition) is 1. The molecule has 21 heavy (non-hydrogen) atoms. The van der Waals surface area contributed by atoms with Crippen molar-refractivity contribution >= 4 is 11.3 Å². The smallest absolute Gasteiger partial charge is 0.277 e. The third-order valence-electron chi connectivity index (χ3n) is 3.50. The van der Waals surface area contributed by atoms with Crippen molar-refractivity contribution in [1.29, 1.82) is 0 Å². The van der Waals surface area contributed by atoms with Gasteiger partial charge in [0, 0.05) is 31.1 Å². The van der Waals surface area contributed by atoms with Gasteiger partial charge in [-0.2, -0.15) is 4.98 Å². The molecule has 2 aromatic rings. The van der Waals surface area contributed by atoms with E-state index in [9.17, 15) is 0 Å². The molecule has 0 aliphatic carbocycles. The first-order chi connectivity index (χ1) is 10.2. The van der Waals surface area contributed by atoms with Crippen LogP contribution in [0.5, 0.6) is 0 Å². The molecule has 1 aliphatic heterocycles. The van der Waals surface area contributed by atoms with E-state index in [2.05, 4.69) is 33.9 Å². The molecule has 1 saturated heterocycles. The van der Waals surface area contributed by atoms with E-state index in [1.165, 1.54) is 11.3 Å². The number of rotatable bonds is 4. The Morgan fingerprint density at radius 3 is 3.05 bits per heavy atom. The topological polar surface area (TPSA) is 90.3 Å². The summed E-state index contributed by atoms with van der Waals surface area (Å²) in [5.74, 6) is 1.00. The Kier molecular flexibility index (Phi) is 4.29. The second-order valence-electron chi connectivity index (χ2n) is 5.24. The highest BCUT2D eigenvalue weighted by atomic mass is 32.1. The van der Waals surface area contributed by atoms with Crippen LogP contribution in [0.3, 0.4) is 0 Å². The van der Waals surface area contributed by atoms with E-state index in [1.54, 1.807) is 0 Å². The quantitative estimate of drug-likeness (QED) is 0.913. The number of ether oxygens (including phenoxy) is 1. The standard InChI is InChI=1S/C13H19N5O2S/c1-8(2)18-3-4-19-10(6-18)12-16-13(20-17-12)9-7-21-11(5-14)15-9/h7-8,10H,3-6,14H2,1-2H3. The van der Waals surface area contributed by atoms with E-state index in [0.717, 1.165) is 18.1 Å². The van der Waals surface area contributed by atoms with Gasteiger partial charge >= 0.3 is 0 Å². The van der Waals surface area contributed by atoms with Crippen molar-refractivity contribution in [1.82, 2.24) is 20.0 Å². The largest absolute Gasteiger partial charge is 0.367 e. The van der Waals surface area contributed by atoms with Crippen LogP contribution in [0.4, 0.5) is 0 Å². The molecule has 114 valence electrons. The number of nitrogens with zero attached hydrogens (tertiary/aromatic N) is 4. The molecule has 0 spiro atoms. The summed E-state index contributed by atoms with van der Waals surface area (Å²) in [7, 11) is 0. The van der Waals surface area contributed by atoms with E-state index < -0.39 is 0 Å². The molecule has 0 radical (unpaired) electrons. The average Bonchev–Trinajstić information content (AvgIpc) is 3.16. The van der Waals surface area contributed by atoms with Gasteiger partial charge in [-0.15, -0.1) is 11.3 Å². The number of nitrogens with two attached hydrogens (primary N) is 1. The van der Waals surface area contributed by atoms with Gasteiger partial charge in [0.2, 0.25) is 5.82 Å². The number of aromatic nitrogens is 3. The normalized spacial score (nSPS) is 20.3. The minimum Gasteiger partial charge on any atom is -0.367 e. The zero-order valence-electron chi connectivity index (χ0n) is 12.2. The lowest BCUT2D eigenvalue weighted by Gasteiger charge is -2.34. The van der Waals surface area contributed by atoms with E-state index >= 15 is 0 Å². The highest BCUT2D eigenvalue weighted by Gasteiger charge is 2.27. The lowest BCUT2D eigenvalue weighted by molar-refractivity contribution is -0.0450. The van der Waals surface area contributed by atoms with Crippen LogP contribution in [0.25, 0.3) is 11.6 Å². The first kappa shape index (κ1) is 14.6. The van der Waals surface area contributed by atoms with Gasteiger partial charge in [-0.1, -0.05) is 5.16 Å². The molecule has 1 unspecified atom stereocenters. The van der Waals surface area contributed by atoms with Crippen LogP contribution in [-0.2, 0) is 11.3 Å². The molecule has 0 aromatic carbocycles. The first-order valence-corrected chi connectivity index (χ1v) is 7.89. The molecule has 0 saturated carbocycles. The second-order valence-corrected chi connectivity index (χ2v) is 6.18. The van der Waals surface area contributed by atoms with E-state index in [1.807, 2.05) is 5.38 Å². The highest BCUT2D eigenvalue weighted by molar-refractivity contribution is 7.09. The fourth-order valence-electron chi connectivity index (χ4n) is 2.27. The van der Waals surface area contributed by atoms with Crippen molar-refractivity contribution in [3.05, 3.63) is 16.2 Å². The van der Waals surface area contributed by atoms with Crippen molar-refractivity contribution < 1.29 is 9.26 Å². The van der Waals surface area contributed by atoms with E-state index in [4.69, 9.17) is 15.0 Å². The molecule has 2 aromatic heterocycles. The number of thiazole rings is 1. The summed E-state index contributed by atoms with van der Waals surface area (Å²) in [6.07, 6.45) is -0.147. The Morgan fingerprint density at radius 1 is 1.48 bits per heavy atom. The molecular weight excluding hydrogens is 290 g/mol. The summed E-state index contributed by atoms with van der Waals surface area (Å²) in [6, 6.07) is 0.480. The summed E-state index contributed by atoms with van der Waals surface area (Å²) in [4.78, 5) is 11.1. The fraction of sp³-hybridized carbons (Fsp3) is 0.615. The molecular formula is C13H19N5O2S. The SMILES string of the molecule is CC(C)N1CCOC(c2noc(-c3csc(CN)n3)n2)C1. The zero-order chi connectivity index (χ0) is 14.8. The van der Waals surface area contributed by atoms with E-state index in [0.29, 0.717) is 36.6 Å². The summed E-state index contributed by atoms with van der Waals surface area (Å²) in [5.41, 5.74) is 6.24. The van der Waals surface area contributed by atoms with Crippen molar-refractivity contribution in [2.45, 2.75) is 32.5 Å². The zero-order valence-corrected chi connectivity index (χ0v) is 13.0. The third-order valence-corrected chi connectivity index (χ3v) is 4.37. The molecule has 3 rings (SSSR count). The molecule has 2 N–H and O–H groups in total. The minimum atomic E-state index is -0.147. The first-order valence-electron chi connectivity index (χ1n) is 7.01. The monoisotopic (exact) mass is 309 g/mol. The molecule has 7 nitrogen and oxygen atoms in total. The average molecular weight is 309 g/mol. The van der Waals surface area contributed by atoms with Gasteiger partial charge in [-0.25, -0.2) is 4.98 Å². The summed E-state index contributed by atoms with van der Waals surface area (Å²) in [5, 5.41) is 6.77. The van der Waals surface area contributed by atoms with Gasteiger partial charge in [-0.05, 0) is 13.8 Å². The van der Waals surface area contributed by atoms with Crippen LogP contribution in [0.2, 0.25) is 0 Å². The maximum Gasteiger partial charge on any atom is 0.277 e. The van der Waals surface area contributed by atoms with Gasteiger partial charge in [0.25, 0.3) is 5.89 Å². The molecule has 0 amide bonds. The van der Waals surface area contributed by atoms with Crippen LogP contribution >= 0.6 is 11.3 Å². The summed E-state index contributed by atoms with van der Waals surface area (Å²) >= 11 is 1.49. The molecule has 1 fully saturated rings. The van der Waals surface area contributed by atoms with Gasteiger partial charge in [0.05, 0.1) is 6.61 Å². The predicted molar refractivity (Wildman–Crippen MR) is 78.7 cm³/mol. The highest BCUT2D eigenvalue weighted by Crippen LogP contribution is 2.25. The van der Waals surface area contributed by atoms with Crippen LogP contribution in [0.1, 0.15) is 30.8 Å². The number of hydrogen-bond acceptors (Lipinski definition) is 8. The molecule has 0 bridgehead atoms. The van der Waals surface area contributed by atoms with Crippen LogP contribution in [0.15, 0.2) is 9.90 Å². The maximum atomic E-state index is 5.76. The lowest BCUT2D eigenvalue weighted by atomic mass is 10.2. The Balaban J connectivity index is 1.75. The Morgan fingerprint density at radius 2 is 2.33 bits per heavy atom. The van der Waals surface area contributed by atoms with Crippen LogP contribution in [-0.4, -0.2) is 45.8 Å². The lowest BCUT2D eigenvalue weighted by Crippen LogP contribution is -2.42. The van der Waals surface area contributed by atoms with Crippen molar-refractivity contribution in [3.8, 4) is 11.6 Å². The summed E-state index contributed by atoms with van der Waals surface area (Å²) in [6.45, 7) is 7.16. The van der Waals surface area contributed by atoms with Gasteiger partial charge < -0.3 is 15.0 Å². The van der Waals surface area contributed by atoms with Crippen molar-refractivity contribution in [2.75, 3.05) is 19.7 Å². The Hall–Kier alpha value is -1.35. The maximum absolute atomic E-state index is 5.76. The molecule has 8 heteroatoms. The molecule has 3 heterocycles. The predicted octanol–water partition coefficient (Wildman–Crippen LogP) is 1.43. The molecule has 1 aliphatic rings. The second kappa shape index (κ2) is 6.18. The molecule has 1 atom stereocenters.